The van der Waals surface area contributed by atoms with Crippen LogP contribution in [0.5, 0.6) is 0 Å². The number of nitrogens with zero attached hydrogens (tertiary/aromatic N) is 3. The summed E-state index contributed by atoms with van der Waals surface area (Å²) in [4.78, 5) is 12.5. The van der Waals surface area contributed by atoms with E-state index in [2.05, 4.69) is 20.6 Å². The fraction of sp³-hybridized carbons (Fsp3) is 0.167. The van der Waals surface area contributed by atoms with Gasteiger partial charge in [0.1, 0.15) is 5.82 Å². The first-order chi connectivity index (χ1) is 12.1. The van der Waals surface area contributed by atoms with Gasteiger partial charge in [0, 0.05) is 10.8 Å². The first-order valence-electron chi connectivity index (χ1n) is 7.97. The summed E-state index contributed by atoms with van der Waals surface area (Å²) in [6.45, 7) is 2.29. The van der Waals surface area contributed by atoms with E-state index in [4.69, 9.17) is 0 Å². The molecule has 4 rings (SSSR count). The molecule has 0 spiro atoms. The van der Waals surface area contributed by atoms with Crippen molar-refractivity contribution in [1.82, 2.24) is 20.0 Å². The van der Waals surface area contributed by atoms with Gasteiger partial charge in [0.15, 0.2) is 5.82 Å². The molecule has 0 saturated heterocycles. The van der Waals surface area contributed by atoms with Crippen molar-refractivity contribution >= 4 is 33.5 Å². The van der Waals surface area contributed by atoms with Crippen LogP contribution in [0, 0.1) is 11.7 Å². The van der Waals surface area contributed by atoms with Gasteiger partial charge in [0.2, 0.25) is 5.91 Å². The second-order valence-electron chi connectivity index (χ2n) is 6.04. The Balaban J connectivity index is 1.52. The van der Waals surface area contributed by atoms with E-state index in [0.29, 0.717) is 23.3 Å². The van der Waals surface area contributed by atoms with Crippen molar-refractivity contribution in [2.24, 2.45) is 5.92 Å². The normalized spacial score (nSPS) is 12.6. The monoisotopic (exact) mass is 337 g/mol. The van der Waals surface area contributed by atoms with E-state index in [1.165, 1.54) is 12.1 Å². The summed E-state index contributed by atoms with van der Waals surface area (Å²) in [5.41, 5.74) is 1.53. The van der Waals surface area contributed by atoms with E-state index in [0.717, 1.165) is 10.9 Å². The lowest BCUT2D eigenvalue weighted by atomic mass is 10.1. The fourth-order valence-electron chi connectivity index (χ4n) is 2.84. The molecule has 0 fully saturated rings. The van der Waals surface area contributed by atoms with Crippen LogP contribution in [0.3, 0.4) is 0 Å². The lowest BCUT2D eigenvalue weighted by Crippen LogP contribution is -2.25. The number of anilines is 1. The summed E-state index contributed by atoms with van der Waals surface area (Å²) in [6.07, 6.45) is 1.79. The second-order valence-corrected chi connectivity index (χ2v) is 6.04. The van der Waals surface area contributed by atoms with E-state index in [1.54, 1.807) is 12.3 Å². The van der Waals surface area contributed by atoms with Gasteiger partial charge in [-0.05, 0) is 24.3 Å². The lowest BCUT2D eigenvalue weighted by molar-refractivity contribution is -0.119. The van der Waals surface area contributed by atoms with Crippen LogP contribution in [0.25, 0.3) is 21.8 Å². The third-order valence-corrected chi connectivity index (χ3v) is 4.21. The van der Waals surface area contributed by atoms with Crippen LogP contribution in [0.2, 0.25) is 0 Å². The molecule has 7 heteroatoms. The zero-order valence-electron chi connectivity index (χ0n) is 13.5. The van der Waals surface area contributed by atoms with Gasteiger partial charge in [0.25, 0.3) is 0 Å². The number of hydrogen-bond acceptors (Lipinski definition) is 3. The molecule has 0 bridgehead atoms. The molecule has 1 unspecified atom stereocenters. The molecule has 0 saturated carbocycles. The minimum Gasteiger partial charge on any atom is -0.308 e. The average Bonchev–Trinajstić information content (AvgIpc) is 3.19. The topological polar surface area (TPSA) is 75.6 Å². The summed E-state index contributed by atoms with van der Waals surface area (Å²) >= 11 is 0. The smallest absolute Gasteiger partial charge is 0.230 e. The van der Waals surface area contributed by atoms with Crippen molar-refractivity contribution in [2.75, 3.05) is 5.32 Å². The number of carbonyl (C=O) groups excluding carboxylic acids is 1. The molecular weight excluding hydrogens is 321 g/mol. The van der Waals surface area contributed by atoms with Crippen molar-refractivity contribution in [2.45, 2.75) is 13.5 Å². The number of nitrogens with one attached hydrogen (secondary N) is 2. The van der Waals surface area contributed by atoms with Gasteiger partial charge in [-0.1, -0.05) is 25.1 Å². The standard InChI is InChI=1S/C18H16FN5O/c1-11(10-24-16-5-3-2-4-12(16)9-20-24)18(25)21-17-14-7-6-13(19)8-15(14)22-23-17/h2-9,11H,10H2,1H3,(H2,21,22,23,25). The number of para-hydroxylation sites is 1. The maximum absolute atomic E-state index is 13.2. The minimum absolute atomic E-state index is 0.169. The molecule has 6 nitrogen and oxygen atoms in total. The van der Waals surface area contributed by atoms with Gasteiger partial charge < -0.3 is 5.32 Å². The van der Waals surface area contributed by atoms with Crippen LogP contribution in [-0.4, -0.2) is 25.9 Å². The molecule has 126 valence electrons. The Kier molecular flexibility index (Phi) is 3.68. The zero-order valence-corrected chi connectivity index (χ0v) is 13.5. The maximum Gasteiger partial charge on any atom is 0.230 e. The van der Waals surface area contributed by atoms with E-state index in [-0.39, 0.29) is 17.6 Å². The Morgan fingerprint density at radius 2 is 2.16 bits per heavy atom. The predicted molar refractivity (Wildman–Crippen MR) is 93.6 cm³/mol. The Morgan fingerprint density at radius 1 is 1.32 bits per heavy atom. The lowest BCUT2D eigenvalue weighted by Gasteiger charge is -2.12. The number of H-pyrrole nitrogens is 1. The van der Waals surface area contributed by atoms with Gasteiger partial charge in [-0.25, -0.2) is 4.39 Å². The van der Waals surface area contributed by atoms with Gasteiger partial charge in [-0.2, -0.15) is 10.2 Å². The summed E-state index contributed by atoms with van der Waals surface area (Å²) in [7, 11) is 0. The molecule has 0 aliphatic carbocycles. The Bertz CT molecular complexity index is 1070. The van der Waals surface area contributed by atoms with Gasteiger partial charge in [0.05, 0.1) is 29.7 Å². The highest BCUT2D eigenvalue weighted by Crippen LogP contribution is 2.22. The molecule has 0 aliphatic heterocycles. The first-order valence-corrected chi connectivity index (χ1v) is 7.97. The molecule has 2 heterocycles. The third kappa shape index (κ3) is 2.84. The van der Waals surface area contributed by atoms with Crippen molar-refractivity contribution in [3.05, 3.63) is 54.5 Å². The van der Waals surface area contributed by atoms with E-state index >= 15 is 0 Å². The Labute approximate surface area is 142 Å². The van der Waals surface area contributed by atoms with Crippen molar-refractivity contribution < 1.29 is 9.18 Å². The first kappa shape index (κ1) is 15.3. The van der Waals surface area contributed by atoms with Crippen LogP contribution in [0.15, 0.2) is 48.7 Å². The number of rotatable bonds is 4. The molecule has 25 heavy (non-hydrogen) atoms. The number of amides is 1. The third-order valence-electron chi connectivity index (χ3n) is 4.21. The second kappa shape index (κ2) is 6.01. The number of aromatic nitrogens is 4. The number of halogens is 1. The number of fused-ring (bicyclic) bond motifs is 2. The maximum atomic E-state index is 13.2. The average molecular weight is 337 g/mol. The molecule has 2 aromatic carbocycles. The molecule has 1 amide bonds. The Morgan fingerprint density at radius 3 is 3.04 bits per heavy atom. The van der Waals surface area contributed by atoms with Crippen LogP contribution in [-0.2, 0) is 11.3 Å². The highest BCUT2D eigenvalue weighted by atomic mass is 19.1. The van der Waals surface area contributed by atoms with Crippen molar-refractivity contribution in [1.29, 1.82) is 0 Å². The summed E-state index contributed by atoms with van der Waals surface area (Å²) < 4.78 is 15.0. The highest BCUT2D eigenvalue weighted by molar-refractivity contribution is 6.00. The summed E-state index contributed by atoms with van der Waals surface area (Å²) in [5.74, 6) is -0.432. The minimum atomic E-state index is -0.354. The number of benzene rings is 2. The fourth-order valence-corrected chi connectivity index (χ4v) is 2.84. The largest absolute Gasteiger partial charge is 0.308 e. The van der Waals surface area contributed by atoms with E-state index < -0.39 is 0 Å². The quantitative estimate of drug-likeness (QED) is 0.600. The molecule has 4 aromatic rings. The number of carbonyl (C=O) groups is 1. The van der Waals surface area contributed by atoms with E-state index in [1.807, 2.05) is 35.9 Å². The molecular formula is C18H16FN5O. The zero-order chi connectivity index (χ0) is 17.4. The molecule has 1 atom stereocenters. The van der Waals surface area contributed by atoms with Gasteiger partial charge in [-0.15, -0.1) is 0 Å². The van der Waals surface area contributed by atoms with Crippen LogP contribution in [0.4, 0.5) is 10.2 Å². The number of aromatic amines is 1. The molecule has 0 radical (unpaired) electrons. The molecule has 2 aromatic heterocycles. The molecule has 0 aliphatic rings. The van der Waals surface area contributed by atoms with Crippen LogP contribution in [0.1, 0.15) is 6.92 Å². The van der Waals surface area contributed by atoms with Crippen molar-refractivity contribution in [3.8, 4) is 0 Å². The van der Waals surface area contributed by atoms with Crippen LogP contribution < -0.4 is 5.32 Å². The summed E-state index contributed by atoms with van der Waals surface area (Å²) in [5, 5.41) is 15.6. The van der Waals surface area contributed by atoms with Crippen LogP contribution >= 0.6 is 0 Å². The highest BCUT2D eigenvalue weighted by Gasteiger charge is 2.18. The van der Waals surface area contributed by atoms with Gasteiger partial charge >= 0.3 is 0 Å². The molecule has 2 N–H and O–H groups in total. The summed E-state index contributed by atoms with van der Waals surface area (Å²) in [6, 6.07) is 12.1. The van der Waals surface area contributed by atoms with E-state index in [9.17, 15) is 9.18 Å². The predicted octanol–water partition coefficient (Wildman–Crippen LogP) is 3.33. The SMILES string of the molecule is CC(Cn1ncc2ccccc21)C(=O)Nc1n[nH]c2cc(F)ccc12. The number of hydrogen-bond donors (Lipinski definition) is 2. The van der Waals surface area contributed by atoms with Crippen molar-refractivity contribution in [3.63, 3.8) is 0 Å². The Hall–Kier alpha value is -3.22. The van der Waals surface area contributed by atoms with Gasteiger partial charge in [-0.3, -0.25) is 14.6 Å².